The predicted octanol–water partition coefficient (Wildman–Crippen LogP) is 6.41. The van der Waals surface area contributed by atoms with Crippen LogP contribution >= 0.6 is 15.8 Å². The van der Waals surface area contributed by atoms with E-state index in [1.54, 1.807) is 12.1 Å². The molecule has 0 fully saturated rings. The SMILES string of the molecule is Fc1c(F)c(F)[c]([Bi]([c]2ccccc2P(c2ccccc2)c2ccccc2)[c]2ccccc2P(c2ccccc2)c2ccccc2)c(F)c1F. The van der Waals surface area contributed by atoms with Crippen LogP contribution in [-0.4, -0.2) is 21.8 Å². The van der Waals surface area contributed by atoms with Crippen LogP contribution in [0.5, 0.6) is 0 Å². The summed E-state index contributed by atoms with van der Waals surface area (Å²) in [7, 11) is -2.57. The molecule has 0 aromatic heterocycles. The number of hydrogen-bond donors (Lipinski definition) is 0. The van der Waals surface area contributed by atoms with E-state index in [9.17, 15) is 4.39 Å². The summed E-state index contributed by atoms with van der Waals surface area (Å²) in [5.41, 5.74) is 0. The molecule has 7 aromatic rings. The van der Waals surface area contributed by atoms with Crippen LogP contribution in [-0.2, 0) is 0 Å². The molecule has 0 radical (unpaired) electrons. The van der Waals surface area contributed by atoms with E-state index in [1.807, 2.05) is 158 Å². The Labute approximate surface area is 298 Å². The summed E-state index contributed by atoms with van der Waals surface area (Å²) in [6.07, 6.45) is 0. The van der Waals surface area contributed by atoms with E-state index < -0.39 is 70.0 Å². The molecule has 0 amide bonds. The zero-order valence-corrected chi connectivity index (χ0v) is 31.7. The second-order valence-electron chi connectivity index (χ2n) is 11.2. The molecule has 246 valence electrons. The third-order valence-corrected chi connectivity index (χ3v) is 24.7. The Hall–Kier alpha value is -4.07. The molecule has 0 atom stereocenters. The molecule has 0 bridgehead atoms. The minimum absolute atomic E-state index is 0.660. The zero-order chi connectivity index (χ0) is 34.6. The van der Waals surface area contributed by atoms with Crippen molar-refractivity contribution in [3.63, 3.8) is 0 Å². The molecule has 0 saturated carbocycles. The van der Waals surface area contributed by atoms with Crippen molar-refractivity contribution in [1.29, 1.82) is 0 Å². The van der Waals surface area contributed by atoms with Crippen LogP contribution in [0, 0.1) is 29.1 Å². The molecule has 0 unspecified atom stereocenters. The average Bonchev–Trinajstić information content (AvgIpc) is 3.18. The van der Waals surface area contributed by atoms with E-state index in [0.29, 0.717) is 6.54 Å². The number of rotatable bonds is 9. The summed E-state index contributed by atoms with van der Waals surface area (Å²) in [4.78, 5) is 0. The van der Waals surface area contributed by atoms with Crippen LogP contribution in [0.4, 0.5) is 22.0 Å². The molecule has 0 aliphatic carbocycles. The molecule has 0 N–H and O–H groups in total. The van der Waals surface area contributed by atoms with Crippen molar-refractivity contribution in [3.05, 3.63) is 199 Å². The maximum atomic E-state index is 16.3. The number of halogens is 5. The first-order valence-electron chi connectivity index (χ1n) is 15.8. The van der Waals surface area contributed by atoms with E-state index in [0.717, 1.165) is 31.8 Å². The van der Waals surface area contributed by atoms with Gasteiger partial charge in [0.1, 0.15) is 0 Å². The average molecular weight is 899 g/mol. The van der Waals surface area contributed by atoms with E-state index in [4.69, 9.17) is 0 Å². The van der Waals surface area contributed by atoms with Gasteiger partial charge in [0.05, 0.1) is 0 Å². The van der Waals surface area contributed by atoms with Crippen molar-refractivity contribution in [2.45, 2.75) is 0 Å². The summed E-state index contributed by atoms with van der Waals surface area (Å²) in [5.74, 6) is -9.50. The van der Waals surface area contributed by atoms with Gasteiger partial charge in [-0.3, -0.25) is 0 Å². The van der Waals surface area contributed by atoms with E-state index in [-0.39, 0.29) is 0 Å². The Bertz CT molecular complexity index is 2000. The van der Waals surface area contributed by atoms with Crippen molar-refractivity contribution in [3.8, 4) is 0 Å². The number of benzene rings is 7. The maximum absolute atomic E-state index is 16.3. The number of hydrogen-bond acceptors (Lipinski definition) is 0. The van der Waals surface area contributed by atoms with Gasteiger partial charge in [-0.25, -0.2) is 0 Å². The Kier molecular flexibility index (Phi) is 10.6. The Morgan fingerprint density at radius 1 is 0.300 bits per heavy atom. The quantitative estimate of drug-likeness (QED) is 0.0517. The summed E-state index contributed by atoms with van der Waals surface area (Å²) in [6, 6.07) is 54.4. The summed E-state index contributed by atoms with van der Waals surface area (Å²) >= 11 is -4.52. The van der Waals surface area contributed by atoms with Crippen molar-refractivity contribution in [1.82, 2.24) is 0 Å². The van der Waals surface area contributed by atoms with Gasteiger partial charge in [0.2, 0.25) is 0 Å². The van der Waals surface area contributed by atoms with Crippen LogP contribution in [0.3, 0.4) is 0 Å². The molecular formula is C42H28BiF5P2. The fourth-order valence-electron chi connectivity index (χ4n) is 6.01. The molecule has 0 heterocycles. The topological polar surface area (TPSA) is 0 Å². The molecule has 7 aromatic carbocycles. The van der Waals surface area contributed by atoms with Gasteiger partial charge in [-0.15, -0.1) is 0 Å². The normalized spacial score (nSPS) is 11.4. The van der Waals surface area contributed by atoms with Gasteiger partial charge >= 0.3 is 300 Å². The predicted molar refractivity (Wildman–Crippen MR) is 201 cm³/mol. The molecule has 0 nitrogen and oxygen atoms in total. The van der Waals surface area contributed by atoms with Crippen molar-refractivity contribution in [2.24, 2.45) is 0 Å². The fraction of sp³-hybridized carbons (Fsp3) is 0. The van der Waals surface area contributed by atoms with Crippen LogP contribution in [0.1, 0.15) is 0 Å². The molecular weight excluding hydrogens is 870 g/mol. The fourth-order valence-corrected chi connectivity index (χ4v) is 24.1. The minimum atomic E-state index is -4.52. The summed E-state index contributed by atoms with van der Waals surface area (Å²) in [5, 5.41) is 5.69. The van der Waals surface area contributed by atoms with Gasteiger partial charge in [-0.1, -0.05) is 0 Å². The van der Waals surface area contributed by atoms with E-state index >= 15 is 17.6 Å². The molecule has 0 saturated heterocycles. The molecule has 0 spiro atoms. The van der Waals surface area contributed by atoms with Gasteiger partial charge in [0.25, 0.3) is 0 Å². The van der Waals surface area contributed by atoms with E-state index in [2.05, 4.69) is 0 Å². The first-order valence-corrected chi connectivity index (χ1v) is 23.7. The van der Waals surface area contributed by atoms with Gasteiger partial charge in [0.15, 0.2) is 0 Å². The third-order valence-electron chi connectivity index (χ3n) is 8.19. The van der Waals surface area contributed by atoms with E-state index in [1.165, 1.54) is 0 Å². The molecule has 7 rings (SSSR count). The van der Waals surface area contributed by atoms with Crippen LogP contribution < -0.4 is 41.6 Å². The second kappa shape index (κ2) is 15.4. The zero-order valence-electron chi connectivity index (χ0n) is 26.4. The monoisotopic (exact) mass is 898 g/mol. The van der Waals surface area contributed by atoms with Crippen molar-refractivity contribution in [2.75, 3.05) is 0 Å². The Morgan fingerprint density at radius 3 is 0.880 bits per heavy atom. The van der Waals surface area contributed by atoms with Gasteiger partial charge in [-0.2, -0.15) is 0 Å². The Morgan fingerprint density at radius 2 is 0.560 bits per heavy atom. The van der Waals surface area contributed by atoms with Gasteiger partial charge in [0, 0.05) is 0 Å². The first-order chi connectivity index (χ1) is 24.5. The van der Waals surface area contributed by atoms with Crippen LogP contribution in [0.2, 0.25) is 0 Å². The Balaban J connectivity index is 1.58. The second-order valence-corrected chi connectivity index (χ2v) is 23.7. The molecule has 8 heteroatoms. The third kappa shape index (κ3) is 6.70. The van der Waals surface area contributed by atoms with Gasteiger partial charge < -0.3 is 0 Å². The molecule has 0 aliphatic heterocycles. The molecule has 0 aliphatic rings. The van der Waals surface area contributed by atoms with Crippen LogP contribution in [0.15, 0.2) is 170 Å². The van der Waals surface area contributed by atoms with Crippen molar-refractivity contribution < 1.29 is 22.0 Å². The standard InChI is InChI=1S/2C18H14P.C6F5.Bi/c2*1-4-10-16(11-5-1)19(17-12-6-2-7-13-17)18-14-8-3-9-15-18;7-2-1-3(8)5(10)6(11)4(2)9;/h2*1-14H;;. The first kappa shape index (κ1) is 34.4. The summed E-state index contributed by atoms with van der Waals surface area (Å²) in [6.45, 7) is 0. The summed E-state index contributed by atoms with van der Waals surface area (Å²) < 4.78 is 78.5. The van der Waals surface area contributed by atoms with Crippen molar-refractivity contribution >= 4 is 79.2 Å². The van der Waals surface area contributed by atoms with Gasteiger partial charge in [-0.05, 0) is 0 Å². The van der Waals surface area contributed by atoms with Crippen LogP contribution in [0.25, 0.3) is 0 Å². The molecule has 50 heavy (non-hydrogen) atoms.